The van der Waals surface area contributed by atoms with Crippen LogP contribution in [0.4, 0.5) is 0 Å². The lowest BCUT2D eigenvalue weighted by Crippen LogP contribution is -2.60. The summed E-state index contributed by atoms with van der Waals surface area (Å²) in [5, 5.41) is 30.8. The van der Waals surface area contributed by atoms with E-state index in [1.807, 2.05) is 0 Å². The van der Waals surface area contributed by atoms with E-state index in [0.717, 1.165) is 70.6 Å². The molecule has 1 fully saturated rings. The van der Waals surface area contributed by atoms with Crippen LogP contribution >= 0.6 is 0 Å². The summed E-state index contributed by atoms with van der Waals surface area (Å²) in [7, 11) is -4.61. The van der Waals surface area contributed by atoms with Crippen molar-refractivity contribution in [1.29, 1.82) is 0 Å². The van der Waals surface area contributed by atoms with E-state index in [4.69, 9.17) is 18.9 Å². The molecule has 0 aromatic carbocycles. The highest BCUT2D eigenvalue weighted by Gasteiger charge is 2.46. The molecule has 0 aromatic heterocycles. The molecule has 4 N–H and O–H groups in total. The van der Waals surface area contributed by atoms with Gasteiger partial charge in [-0.25, -0.2) is 0 Å². The standard InChI is InChI=1S/C45H76O12S/c1-3-5-7-9-11-13-15-17-19-21-23-25-27-29-31-33-40(46)54-35-38(36-55-45-44(50)43(49)42(48)39(57-45)37-58(51,52)53)56-41(47)34-32-30-28-26-24-22-20-18-16-14-12-10-8-6-4-2/h12,14-15,18-20,24,26,38-39,42-45,48-50H,3-11,13,16,21-23,25,27-37H2,1-2H3,(H,51,52,53)/b14-12+,20-18+,26-24+/t17?,38-,39-,42-,43?,44?,45+/m1/s1. The van der Waals surface area contributed by atoms with Crippen LogP contribution in [0, 0.1) is 0 Å². The summed E-state index contributed by atoms with van der Waals surface area (Å²) < 4.78 is 53.9. The van der Waals surface area contributed by atoms with Crippen LogP contribution in [0.1, 0.15) is 162 Å². The molecule has 12 nitrogen and oxygen atoms in total. The Morgan fingerprint density at radius 2 is 1.14 bits per heavy atom. The Balaban J connectivity index is 2.52. The van der Waals surface area contributed by atoms with Gasteiger partial charge >= 0.3 is 11.9 Å². The summed E-state index contributed by atoms with van der Waals surface area (Å²) in [6.07, 6.45) is 29.4. The fraction of sp³-hybridized carbons (Fsp3) is 0.756. The van der Waals surface area contributed by atoms with Gasteiger partial charge in [-0.1, -0.05) is 108 Å². The van der Waals surface area contributed by atoms with E-state index in [1.54, 1.807) is 0 Å². The zero-order valence-electron chi connectivity index (χ0n) is 35.4. The normalized spacial score (nSPS) is 20.4. The van der Waals surface area contributed by atoms with Crippen molar-refractivity contribution in [1.82, 2.24) is 0 Å². The minimum atomic E-state index is -4.61. The number of allylic oxidation sites excluding steroid dienone is 7. The quantitative estimate of drug-likeness (QED) is 0.0157. The molecule has 0 amide bonds. The molecular weight excluding hydrogens is 765 g/mol. The molecule has 0 aromatic rings. The highest BCUT2D eigenvalue weighted by atomic mass is 32.2. The van der Waals surface area contributed by atoms with E-state index < -0.39 is 71.2 Å². The van der Waals surface area contributed by atoms with Gasteiger partial charge in [0.2, 0.25) is 0 Å². The van der Waals surface area contributed by atoms with E-state index in [1.165, 1.54) is 51.4 Å². The number of carbonyl (C=O) groups excluding carboxylic acids is 2. The van der Waals surface area contributed by atoms with Crippen molar-refractivity contribution in [3.63, 3.8) is 0 Å². The van der Waals surface area contributed by atoms with E-state index in [9.17, 15) is 37.9 Å². The molecule has 0 saturated carbocycles. The zero-order valence-corrected chi connectivity index (χ0v) is 36.2. The van der Waals surface area contributed by atoms with Crippen LogP contribution in [0.25, 0.3) is 0 Å². The van der Waals surface area contributed by atoms with Crippen LogP contribution in [0.15, 0.2) is 54.3 Å². The Hall–Kier alpha value is -2.61. The summed E-state index contributed by atoms with van der Waals surface area (Å²) in [5.74, 6) is -2.06. The van der Waals surface area contributed by atoms with Gasteiger partial charge in [-0.2, -0.15) is 8.42 Å². The average molecular weight is 841 g/mol. The van der Waals surface area contributed by atoms with Crippen molar-refractivity contribution in [2.45, 2.75) is 198 Å². The predicted octanol–water partition coefficient (Wildman–Crippen LogP) is 8.55. The summed E-state index contributed by atoms with van der Waals surface area (Å²) >= 11 is 0. The van der Waals surface area contributed by atoms with Crippen LogP contribution < -0.4 is 0 Å². The molecule has 0 radical (unpaired) electrons. The van der Waals surface area contributed by atoms with E-state index in [0.29, 0.717) is 12.8 Å². The summed E-state index contributed by atoms with van der Waals surface area (Å²) in [5.41, 5.74) is 3.27. The SMILES string of the molecule is CCCCC/C=C/C/C=C/C/C=C/CCCCC(=O)O[C@H](COC(=O)CCCCCCCC=C=CCCCCCCC)CO[C@H]1O[C@H](CS(=O)(=O)O)[C@@H](O)C(O)C1O. The number of unbranched alkanes of at least 4 members (excludes halogenated alkanes) is 15. The number of aliphatic hydroxyl groups excluding tert-OH is 3. The van der Waals surface area contributed by atoms with Crippen molar-refractivity contribution in [3.05, 3.63) is 54.3 Å². The summed E-state index contributed by atoms with van der Waals surface area (Å²) in [6.45, 7) is 3.65. The lowest BCUT2D eigenvalue weighted by Gasteiger charge is -2.40. The Kier molecular flexibility index (Phi) is 32.4. The van der Waals surface area contributed by atoms with Crippen molar-refractivity contribution in [2.24, 2.45) is 0 Å². The number of ether oxygens (including phenoxy) is 4. The predicted molar refractivity (Wildman–Crippen MR) is 227 cm³/mol. The highest BCUT2D eigenvalue weighted by molar-refractivity contribution is 7.85. The fourth-order valence-electron chi connectivity index (χ4n) is 6.19. The molecule has 0 bridgehead atoms. The Morgan fingerprint density at radius 3 is 1.76 bits per heavy atom. The number of rotatable bonds is 35. The van der Waals surface area contributed by atoms with Crippen LogP contribution in [0.5, 0.6) is 0 Å². The second-order valence-corrected chi connectivity index (χ2v) is 16.6. The summed E-state index contributed by atoms with van der Waals surface area (Å²) in [4.78, 5) is 25.3. The number of hydrogen-bond acceptors (Lipinski definition) is 11. The molecule has 334 valence electrons. The minimum Gasteiger partial charge on any atom is -0.462 e. The Bertz CT molecular complexity index is 1320. The van der Waals surface area contributed by atoms with Gasteiger partial charge in [0.05, 0.1) is 6.61 Å². The van der Waals surface area contributed by atoms with Crippen molar-refractivity contribution < 1.29 is 56.8 Å². The van der Waals surface area contributed by atoms with Crippen molar-refractivity contribution in [3.8, 4) is 0 Å². The Morgan fingerprint density at radius 1 is 0.638 bits per heavy atom. The van der Waals surface area contributed by atoms with Crippen LogP contribution in [-0.2, 0) is 38.7 Å². The Labute approximate surface area is 349 Å². The number of hydrogen-bond donors (Lipinski definition) is 4. The maximum Gasteiger partial charge on any atom is 0.306 e. The number of carbonyl (C=O) groups is 2. The van der Waals surface area contributed by atoms with Gasteiger partial charge in [-0.3, -0.25) is 14.1 Å². The molecule has 2 unspecified atom stereocenters. The largest absolute Gasteiger partial charge is 0.462 e. The molecule has 1 rings (SSSR count). The van der Waals surface area contributed by atoms with Gasteiger partial charge in [0.1, 0.15) is 36.8 Å². The molecule has 1 heterocycles. The van der Waals surface area contributed by atoms with Gasteiger partial charge in [-0.05, 0) is 89.2 Å². The van der Waals surface area contributed by atoms with E-state index in [-0.39, 0.29) is 19.4 Å². The maximum absolute atomic E-state index is 12.8. The first-order valence-corrected chi connectivity index (χ1v) is 23.5. The maximum atomic E-state index is 12.8. The molecule has 1 aliphatic rings. The molecule has 13 heteroatoms. The van der Waals surface area contributed by atoms with E-state index in [2.05, 4.69) is 68.2 Å². The van der Waals surface area contributed by atoms with Gasteiger partial charge in [0.15, 0.2) is 12.4 Å². The third kappa shape index (κ3) is 29.6. The molecule has 6 atom stereocenters. The second-order valence-electron chi connectivity index (χ2n) is 15.1. The third-order valence-corrected chi connectivity index (χ3v) is 10.4. The molecule has 0 aliphatic carbocycles. The van der Waals surface area contributed by atoms with Crippen LogP contribution in [-0.4, -0.2) is 96.0 Å². The second kappa shape index (κ2) is 35.2. The molecule has 0 spiro atoms. The van der Waals surface area contributed by atoms with Gasteiger partial charge in [-0.15, -0.1) is 5.73 Å². The lowest BCUT2D eigenvalue weighted by atomic mass is 10.00. The van der Waals surface area contributed by atoms with Gasteiger partial charge in [0, 0.05) is 12.8 Å². The average Bonchev–Trinajstić information content (AvgIpc) is 3.18. The van der Waals surface area contributed by atoms with Crippen LogP contribution in [0.2, 0.25) is 0 Å². The number of esters is 2. The zero-order chi connectivity index (χ0) is 42.7. The molecular formula is C45H76O12S. The third-order valence-electron chi connectivity index (χ3n) is 9.66. The lowest BCUT2D eigenvalue weighted by molar-refractivity contribution is -0.297. The summed E-state index contributed by atoms with van der Waals surface area (Å²) in [6, 6.07) is 0. The first-order chi connectivity index (χ1) is 28.0. The molecule has 58 heavy (non-hydrogen) atoms. The number of aliphatic hydroxyl groups is 3. The highest BCUT2D eigenvalue weighted by Crippen LogP contribution is 2.24. The van der Waals surface area contributed by atoms with Gasteiger partial charge < -0.3 is 34.3 Å². The first-order valence-electron chi connectivity index (χ1n) is 21.9. The van der Waals surface area contributed by atoms with Crippen LogP contribution in [0.3, 0.4) is 0 Å². The fourth-order valence-corrected chi connectivity index (χ4v) is 6.88. The van der Waals surface area contributed by atoms with Gasteiger partial charge in [0.25, 0.3) is 10.1 Å². The minimum absolute atomic E-state index is 0.109. The van der Waals surface area contributed by atoms with Crippen molar-refractivity contribution in [2.75, 3.05) is 19.0 Å². The first kappa shape index (κ1) is 53.4. The molecule has 1 aliphatic heterocycles. The van der Waals surface area contributed by atoms with E-state index >= 15 is 0 Å². The van der Waals surface area contributed by atoms with Crippen molar-refractivity contribution >= 4 is 22.1 Å². The smallest absolute Gasteiger partial charge is 0.306 e. The molecule has 1 saturated heterocycles. The monoisotopic (exact) mass is 841 g/mol. The topological polar surface area (TPSA) is 186 Å².